The van der Waals surface area contributed by atoms with Crippen molar-refractivity contribution in [2.75, 3.05) is 0 Å². The van der Waals surface area contributed by atoms with Crippen molar-refractivity contribution in [2.45, 2.75) is 44.9 Å². The molecule has 1 aromatic carbocycles. The maximum Gasteiger partial charge on any atom is 0.405 e. The van der Waals surface area contributed by atoms with E-state index in [2.05, 4.69) is 10.3 Å². The van der Waals surface area contributed by atoms with Gasteiger partial charge in [-0.3, -0.25) is 0 Å². The van der Waals surface area contributed by atoms with Crippen molar-refractivity contribution in [3.8, 4) is 0 Å². The largest absolute Gasteiger partial charge is 0.471 e. The molecule has 1 aliphatic rings. The van der Waals surface area contributed by atoms with Crippen molar-refractivity contribution in [1.82, 2.24) is 5.32 Å². The molecule has 120 valence electrons. The van der Waals surface area contributed by atoms with Crippen molar-refractivity contribution in [1.29, 1.82) is 0 Å². The van der Waals surface area contributed by atoms with Crippen molar-refractivity contribution in [2.24, 2.45) is 4.99 Å². The molecule has 0 saturated carbocycles. The van der Waals surface area contributed by atoms with E-state index in [4.69, 9.17) is 33.0 Å². The van der Waals surface area contributed by atoms with Crippen molar-refractivity contribution in [3.63, 3.8) is 0 Å². The fourth-order valence-corrected chi connectivity index (χ4v) is 2.50. The maximum atomic E-state index is 11.2. The Balaban J connectivity index is 2.49. The van der Waals surface area contributed by atoms with Gasteiger partial charge in [0, 0.05) is 5.56 Å². The van der Waals surface area contributed by atoms with E-state index in [1.165, 1.54) is 0 Å². The predicted molar refractivity (Wildman–Crippen MR) is 87.0 cm³/mol. The lowest BCUT2D eigenvalue weighted by molar-refractivity contribution is 0.0570. The van der Waals surface area contributed by atoms with Crippen LogP contribution in [0.15, 0.2) is 23.2 Å². The van der Waals surface area contributed by atoms with Crippen LogP contribution in [0.3, 0.4) is 0 Å². The number of halogens is 2. The molecule has 0 fully saturated rings. The average molecular weight is 345 g/mol. The van der Waals surface area contributed by atoms with E-state index in [-0.39, 0.29) is 10.9 Å². The molecular weight excluding hydrogens is 327 g/mol. The van der Waals surface area contributed by atoms with E-state index in [1.807, 2.05) is 27.7 Å². The first-order chi connectivity index (χ1) is 10.0. The number of nitrogens with zero attached hydrogens (tertiary/aromatic N) is 1. The van der Waals surface area contributed by atoms with Gasteiger partial charge in [-0.05, 0) is 33.8 Å². The minimum absolute atomic E-state index is 0.275. The number of nitrogens with one attached hydrogen (secondary N) is 1. The van der Waals surface area contributed by atoms with Gasteiger partial charge in [-0.25, -0.2) is 9.79 Å². The number of carboxylic acid groups (broad SMARTS) is 1. The predicted octanol–water partition coefficient (Wildman–Crippen LogP) is 4.29. The highest BCUT2D eigenvalue weighted by atomic mass is 35.5. The van der Waals surface area contributed by atoms with Gasteiger partial charge in [0.2, 0.25) is 5.90 Å². The second kappa shape index (κ2) is 5.63. The van der Waals surface area contributed by atoms with E-state index in [0.29, 0.717) is 10.6 Å². The van der Waals surface area contributed by atoms with Crippen LogP contribution < -0.4 is 5.32 Å². The molecule has 0 spiro atoms. The molecule has 2 N–H and O–H groups in total. The highest BCUT2D eigenvalue weighted by molar-refractivity contribution is 6.42. The first-order valence-electron chi connectivity index (χ1n) is 6.77. The van der Waals surface area contributed by atoms with E-state index in [9.17, 15) is 4.79 Å². The molecule has 22 heavy (non-hydrogen) atoms. The first kappa shape index (κ1) is 16.9. The summed E-state index contributed by atoms with van der Waals surface area (Å²) in [4.78, 5) is 15.7. The molecule has 0 aromatic heterocycles. The Morgan fingerprint density at radius 2 is 1.95 bits per heavy atom. The minimum Gasteiger partial charge on any atom is -0.471 e. The van der Waals surface area contributed by atoms with Crippen LogP contribution in [0.4, 0.5) is 4.79 Å². The molecule has 0 aliphatic carbocycles. The first-order valence-corrected chi connectivity index (χ1v) is 7.53. The van der Waals surface area contributed by atoms with Crippen molar-refractivity contribution >= 4 is 35.2 Å². The van der Waals surface area contributed by atoms with Gasteiger partial charge >= 0.3 is 6.09 Å². The molecule has 1 amide bonds. The molecule has 0 bridgehead atoms. The monoisotopic (exact) mass is 344 g/mol. The number of benzene rings is 1. The van der Waals surface area contributed by atoms with Gasteiger partial charge in [-0.2, -0.15) is 0 Å². The van der Waals surface area contributed by atoms with Crippen LogP contribution in [0.5, 0.6) is 0 Å². The topological polar surface area (TPSA) is 70.9 Å². The molecule has 7 heteroatoms. The summed E-state index contributed by atoms with van der Waals surface area (Å²) in [6.07, 6.45) is -1.20. The van der Waals surface area contributed by atoms with Gasteiger partial charge < -0.3 is 15.2 Å². The summed E-state index contributed by atoms with van der Waals surface area (Å²) in [5, 5.41) is 12.1. The Labute approximate surface area is 139 Å². The second-order valence-electron chi connectivity index (χ2n) is 6.15. The van der Waals surface area contributed by atoms with Crippen molar-refractivity contribution in [3.05, 3.63) is 33.8 Å². The van der Waals surface area contributed by atoms with Gasteiger partial charge in [0.15, 0.2) is 0 Å². The molecule has 1 aromatic rings. The fraction of sp³-hybridized carbons (Fsp3) is 0.467. The van der Waals surface area contributed by atoms with Gasteiger partial charge in [0.05, 0.1) is 15.6 Å². The van der Waals surface area contributed by atoms with Crippen LogP contribution in [0.25, 0.3) is 0 Å². The number of amides is 1. The van der Waals surface area contributed by atoms with E-state index >= 15 is 0 Å². The second-order valence-corrected chi connectivity index (χ2v) is 6.93. The van der Waals surface area contributed by atoms with Crippen LogP contribution in [-0.4, -0.2) is 28.2 Å². The zero-order valence-electron chi connectivity index (χ0n) is 12.8. The van der Waals surface area contributed by atoms with E-state index < -0.39 is 23.3 Å². The Morgan fingerprint density at radius 3 is 2.45 bits per heavy atom. The average Bonchev–Trinajstić information content (AvgIpc) is 2.59. The van der Waals surface area contributed by atoms with E-state index in [1.54, 1.807) is 18.2 Å². The summed E-state index contributed by atoms with van der Waals surface area (Å²) in [5.41, 5.74) is -0.554. The Kier molecular flexibility index (Phi) is 4.33. The highest BCUT2D eigenvalue weighted by Crippen LogP contribution is 2.39. The third-order valence-electron chi connectivity index (χ3n) is 4.03. The fourth-order valence-electron chi connectivity index (χ4n) is 2.08. The normalized spacial score (nSPS) is 20.0. The molecule has 1 heterocycles. The summed E-state index contributed by atoms with van der Waals surface area (Å²) in [6, 6.07) is 4.21. The molecule has 0 saturated heterocycles. The Hall–Kier alpha value is -1.46. The highest BCUT2D eigenvalue weighted by Gasteiger charge is 2.47. The van der Waals surface area contributed by atoms with Crippen LogP contribution in [0, 0.1) is 0 Å². The summed E-state index contributed by atoms with van der Waals surface area (Å²) in [7, 11) is 0. The van der Waals surface area contributed by atoms with Crippen LogP contribution in [0.2, 0.25) is 10.0 Å². The minimum atomic E-state index is -1.20. The van der Waals surface area contributed by atoms with Gasteiger partial charge in [-0.1, -0.05) is 35.3 Å². The standard InChI is InChI=1S/C15H18Cl2N2O3/c1-14(2)15(3,4)22-12(19-14)11(18-13(20)21)8-6-5-7-9(16)10(8)17/h5-7,11,18H,1-4H3,(H,20,21). The lowest BCUT2D eigenvalue weighted by Crippen LogP contribution is -2.42. The third kappa shape index (κ3) is 3.01. The molecule has 1 unspecified atom stereocenters. The van der Waals surface area contributed by atoms with Crippen LogP contribution in [-0.2, 0) is 4.74 Å². The number of rotatable bonds is 3. The number of aliphatic imine (C=N–C) groups is 1. The maximum absolute atomic E-state index is 11.2. The molecule has 5 nitrogen and oxygen atoms in total. The Bertz CT molecular complexity index is 642. The number of carbonyl (C=O) groups is 1. The third-order valence-corrected chi connectivity index (χ3v) is 4.86. The molecule has 2 rings (SSSR count). The van der Waals surface area contributed by atoms with Gasteiger partial charge in [-0.15, -0.1) is 0 Å². The van der Waals surface area contributed by atoms with Crippen LogP contribution >= 0.6 is 23.2 Å². The quantitative estimate of drug-likeness (QED) is 0.859. The Morgan fingerprint density at radius 1 is 1.32 bits per heavy atom. The van der Waals surface area contributed by atoms with Crippen LogP contribution in [0.1, 0.15) is 39.3 Å². The summed E-state index contributed by atoms with van der Waals surface area (Å²) in [5.74, 6) is 0.279. The lowest BCUT2D eigenvalue weighted by Gasteiger charge is -2.31. The SMILES string of the molecule is CC1(C)N=C(C(NC(=O)O)c2cccc(Cl)c2Cl)OC1(C)C. The number of hydrogen-bond acceptors (Lipinski definition) is 3. The van der Waals surface area contributed by atoms with E-state index in [0.717, 1.165) is 0 Å². The smallest absolute Gasteiger partial charge is 0.405 e. The summed E-state index contributed by atoms with van der Waals surface area (Å²) < 4.78 is 5.90. The number of ether oxygens (including phenoxy) is 1. The molecule has 1 aliphatic heterocycles. The van der Waals surface area contributed by atoms with Crippen molar-refractivity contribution < 1.29 is 14.6 Å². The zero-order chi connectivity index (χ0) is 16.7. The molecule has 1 atom stereocenters. The lowest BCUT2D eigenvalue weighted by atomic mass is 9.87. The zero-order valence-corrected chi connectivity index (χ0v) is 14.3. The van der Waals surface area contributed by atoms with Gasteiger partial charge in [0.25, 0.3) is 0 Å². The summed E-state index contributed by atoms with van der Waals surface area (Å²) >= 11 is 12.2. The molecular formula is C15H18Cl2N2O3. The van der Waals surface area contributed by atoms with Gasteiger partial charge in [0.1, 0.15) is 11.6 Å². The summed E-state index contributed by atoms with van der Waals surface area (Å²) in [6.45, 7) is 7.66. The molecule has 0 radical (unpaired) electrons. The number of hydrogen-bond donors (Lipinski definition) is 2.